The summed E-state index contributed by atoms with van der Waals surface area (Å²) >= 11 is 3.47. The second kappa shape index (κ2) is 6.72. The van der Waals surface area contributed by atoms with E-state index in [0.29, 0.717) is 5.69 Å². The lowest BCUT2D eigenvalue weighted by Crippen LogP contribution is -2.22. The minimum Gasteiger partial charge on any atom is -0.378 e. The van der Waals surface area contributed by atoms with E-state index in [2.05, 4.69) is 45.3 Å². The van der Waals surface area contributed by atoms with Gasteiger partial charge >= 0.3 is 0 Å². The van der Waals surface area contributed by atoms with Crippen LogP contribution in [0.1, 0.15) is 29.0 Å². The zero-order valence-corrected chi connectivity index (χ0v) is 13.9. The number of aromatic nitrogens is 1. The summed E-state index contributed by atoms with van der Waals surface area (Å²) in [5.74, 6) is -0.103. The van der Waals surface area contributed by atoms with Crippen molar-refractivity contribution < 1.29 is 4.79 Å². The first-order chi connectivity index (χ1) is 9.97. The first-order valence-electron chi connectivity index (χ1n) is 6.67. The van der Waals surface area contributed by atoms with Gasteiger partial charge in [-0.25, -0.2) is 0 Å². The normalized spacial score (nSPS) is 11.8. The molecule has 0 aliphatic rings. The zero-order valence-electron chi connectivity index (χ0n) is 12.3. The fraction of sp³-hybridized carbons (Fsp3) is 0.250. The quantitative estimate of drug-likeness (QED) is 0.916. The van der Waals surface area contributed by atoms with Crippen molar-refractivity contribution in [3.05, 3.63) is 58.3 Å². The molecule has 2 aromatic rings. The molecule has 1 aromatic carbocycles. The van der Waals surface area contributed by atoms with E-state index in [-0.39, 0.29) is 11.9 Å². The summed E-state index contributed by atoms with van der Waals surface area (Å²) in [6.07, 6.45) is 1.65. The Labute approximate surface area is 133 Å². The molecular weight excluding hydrogens is 330 g/mol. The van der Waals surface area contributed by atoms with Crippen molar-refractivity contribution in [3.8, 4) is 0 Å². The molecule has 0 saturated carbocycles. The first-order valence-corrected chi connectivity index (χ1v) is 7.46. The lowest BCUT2D eigenvalue weighted by atomic mass is 10.1. The van der Waals surface area contributed by atoms with E-state index in [1.807, 2.05) is 18.2 Å². The second-order valence-corrected chi connectivity index (χ2v) is 5.97. The maximum atomic E-state index is 11.9. The molecule has 2 rings (SSSR count). The molecule has 1 unspecified atom stereocenters. The summed E-state index contributed by atoms with van der Waals surface area (Å²) in [5.41, 5.74) is 2.48. The van der Waals surface area contributed by atoms with Gasteiger partial charge < -0.3 is 10.2 Å². The third-order valence-electron chi connectivity index (χ3n) is 3.12. The molecule has 1 N–H and O–H groups in total. The first kappa shape index (κ1) is 15.5. The Balaban J connectivity index is 2.16. The molecule has 0 aliphatic carbocycles. The molecule has 5 heteroatoms. The minimum atomic E-state index is -0.103. The maximum absolute atomic E-state index is 11.9. The van der Waals surface area contributed by atoms with Gasteiger partial charge in [0.05, 0.1) is 0 Å². The third-order valence-corrected chi connectivity index (χ3v) is 3.61. The smallest absolute Gasteiger partial charge is 0.272 e. The average molecular weight is 348 g/mol. The SMILES string of the molecule is CC(Nc1ccnc(C(=O)N(C)C)c1)c1cccc(Br)c1. The number of carbonyl (C=O) groups is 1. The number of nitrogens with zero attached hydrogens (tertiary/aromatic N) is 2. The number of carbonyl (C=O) groups excluding carboxylic acids is 1. The molecule has 110 valence electrons. The van der Waals surface area contributed by atoms with Crippen LogP contribution in [0.25, 0.3) is 0 Å². The molecule has 1 amide bonds. The largest absolute Gasteiger partial charge is 0.378 e. The van der Waals surface area contributed by atoms with Gasteiger partial charge in [-0.3, -0.25) is 9.78 Å². The summed E-state index contributed by atoms with van der Waals surface area (Å²) in [6, 6.07) is 11.9. The van der Waals surface area contributed by atoms with Gasteiger partial charge in [-0.2, -0.15) is 0 Å². The van der Waals surface area contributed by atoms with E-state index in [4.69, 9.17) is 0 Å². The topological polar surface area (TPSA) is 45.2 Å². The van der Waals surface area contributed by atoms with Crippen molar-refractivity contribution in [2.24, 2.45) is 0 Å². The van der Waals surface area contributed by atoms with Gasteiger partial charge in [0.1, 0.15) is 5.69 Å². The number of pyridine rings is 1. The summed E-state index contributed by atoms with van der Waals surface area (Å²) in [7, 11) is 3.43. The van der Waals surface area contributed by atoms with E-state index in [1.54, 1.807) is 26.4 Å². The molecule has 21 heavy (non-hydrogen) atoms. The molecule has 0 spiro atoms. The van der Waals surface area contributed by atoms with Gasteiger partial charge in [0.15, 0.2) is 0 Å². The fourth-order valence-corrected chi connectivity index (χ4v) is 2.39. The summed E-state index contributed by atoms with van der Waals surface area (Å²) in [6.45, 7) is 2.08. The van der Waals surface area contributed by atoms with Crippen molar-refractivity contribution >= 4 is 27.5 Å². The Bertz CT molecular complexity index is 643. The highest BCUT2D eigenvalue weighted by atomic mass is 79.9. The van der Waals surface area contributed by atoms with Gasteiger partial charge in [-0.05, 0) is 36.8 Å². The third kappa shape index (κ3) is 4.04. The number of halogens is 1. The Kier molecular flexibility index (Phi) is 4.96. The number of anilines is 1. The highest BCUT2D eigenvalue weighted by molar-refractivity contribution is 9.10. The Morgan fingerprint density at radius 2 is 2.05 bits per heavy atom. The molecule has 4 nitrogen and oxygen atoms in total. The lowest BCUT2D eigenvalue weighted by molar-refractivity contribution is 0.0822. The molecule has 0 fully saturated rings. The fourth-order valence-electron chi connectivity index (χ4n) is 1.98. The maximum Gasteiger partial charge on any atom is 0.272 e. The van der Waals surface area contributed by atoms with Crippen LogP contribution >= 0.6 is 15.9 Å². The van der Waals surface area contributed by atoms with Crippen molar-refractivity contribution in [3.63, 3.8) is 0 Å². The van der Waals surface area contributed by atoms with Crippen LogP contribution in [0.2, 0.25) is 0 Å². The number of amides is 1. The van der Waals surface area contributed by atoms with Gasteiger partial charge in [0.25, 0.3) is 5.91 Å². The van der Waals surface area contributed by atoms with Crippen LogP contribution in [0.4, 0.5) is 5.69 Å². The number of benzene rings is 1. The van der Waals surface area contributed by atoms with Gasteiger partial charge in [0, 0.05) is 36.5 Å². The Hall–Kier alpha value is -1.88. The van der Waals surface area contributed by atoms with E-state index in [9.17, 15) is 4.79 Å². The summed E-state index contributed by atoms with van der Waals surface area (Å²) in [4.78, 5) is 17.6. The number of hydrogen-bond acceptors (Lipinski definition) is 3. The lowest BCUT2D eigenvalue weighted by Gasteiger charge is -2.17. The number of hydrogen-bond donors (Lipinski definition) is 1. The monoisotopic (exact) mass is 347 g/mol. The van der Waals surface area contributed by atoms with Crippen molar-refractivity contribution in [1.29, 1.82) is 0 Å². The van der Waals surface area contributed by atoms with Gasteiger partial charge in [0.2, 0.25) is 0 Å². The Morgan fingerprint density at radius 1 is 1.29 bits per heavy atom. The predicted octanol–water partition coefficient (Wildman–Crippen LogP) is 3.72. The van der Waals surface area contributed by atoms with Crippen LogP contribution in [-0.4, -0.2) is 29.9 Å². The molecule has 1 aromatic heterocycles. The minimum absolute atomic E-state index is 0.103. The molecule has 0 radical (unpaired) electrons. The van der Waals surface area contributed by atoms with E-state index in [1.165, 1.54) is 10.5 Å². The van der Waals surface area contributed by atoms with Crippen LogP contribution in [0.15, 0.2) is 47.1 Å². The van der Waals surface area contributed by atoms with Crippen molar-refractivity contribution in [2.45, 2.75) is 13.0 Å². The van der Waals surface area contributed by atoms with Gasteiger partial charge in [-0.1, -0.05) is 28.1 Å². The van der Waals surface area contributed by atoms with Crippen molar-refractivity contribution in [1.82, 2.24) is 9.88 Å². The van der Waals surface area contributed by atoms with E-state index in [0.717, 1.165) is 10.2 Å². The summed E-state index contributed by atoms with van der Waals surface area (Å²) in [5, 5.41) is 3.39. The number of nitrogens with one attached hydrogen (secondary N) is 1. The average Bonchev–Trinajstić information content (AvgIpc) is 2.46. The Morgan fingerprint density at radius 3 is 2.71 bits per heavy atom. The van der Waals surface area contributed by atoms with Crippen LogP contribution in [0.3, 0.4) is 0 Å². The van der Waals surface area contributed by atoms with Crippen LogP contribution < -0.4 is 5.32 Å². The van der Waals surface area contributed by atoms with Gasteiger partial charge in [-0.15, -0.1) is 0 Å². The van der Waals surface area contributed by atoms with Crippen LogP contribution in [0, 0.1) is 0 Å². The highest BCUT2D eigenvalue weighted by Crippen LogP contribution is 2.22. The molecule has 0 aliphatic heterocycles. The second-order valence-electron chi connectivity index (χ2n) is 5.05. The molecule has 1 heterocycles. The molecular formula is C16H18BrN3O. The molecule has 1 atom stereocenters. The zero-order chi connectivity index (χ0) is 15.4. The highest BCUT2D eigenvalue weighted by Gasteiger charge is 2.11. The van der Waals surface area contributed by atoms with Crippen molar-refractivity contribution in [2.75, 3.05) is 19.4 Å². The molecule has 0 saturated heterocycles. The standard InChI is InChI=1S/C16H18BrN3O/c1-11(12-5-4-6-13(17)9-12)19-14-7-8-18-15(10-14)16(21)20(2)3/h4-11H,1-3H3,(H,18,19). The van der Waals surface area contributed by atoms with Crippen LogP contribution in [-0.2, 0) is 0 Å². The van der Waals surface area contributed by atoms with E-state index < -0.39 is 0 Å². The summed E-state index contributed by atoms with van der Waals surface area (Å²) < 4.78 is 1.05. The predicted molar refractivity (Wildman–Crippen MR) is 88.4 cm³/mol. The van der Waals surface area contributed by atoms with Crippen LogP contribution in [0.5, 0.6) is 0 Å². The molecule has 0 bridgehead atoms. The number of rotatable bonds is 4. The van der Waals surface area contributed by atoms with E-state index >= 15 is 0 Å².